The molecule has 0 N–H and O–H groups in total. The van der Waals surface area contributed by atoms with E-state index in [2.05, 4.69) is 41.5 Å². The van der Waals surface area contributed by atoms with Crippen LogP contribution in [-0.2, 0) is 9.53 Å². The standard InChI is InChI=1S/C16H32O2/c1-10-15(7,8)16(9,11-12(2)3)13(17)18-14(4,5)6/h12H,10-11H2,1-9H3. The minimum atomic E-state index is -0.427. The Morgan fingerprint density at radius 1 is 1.06 bits per heavy atom. The highest BCUT2D eigenvalue weighted by Gasteiger charge is 2.48. The predicted octanol–water partition coefficient (Wildman–Crippen LogP) is 4.82. The maximum atomic E-state index is 12.6. The second kappa shape index (κ2) is 5.63. The fourth-order valence-electron chi connectivity index (χ4n) is 2.23. The number of esters is 1. The van der Waals surface area contributed by atoms with E-state index in [1.165, 1.54) is 0 Å². The van der Waals surface area contributed by atoms with E-state index in [0.29, 0.717) is 5.92 Å². The lowest BCUT2D eigenvalue weighted by molar-refractivity contribution is -0.176. The van der Waals surface area contributed by atoms with Crippen molar-refractivity contribution in [2.75, 3.05) is 0 Å². The maximum Gasteiger partial charge on any atom is 0.312 e. The predicted molar refractivity (Wildman–Crippen MR) is 77.5 cm³/mol. The molecule has 0 amide bonds. The molecule has 0 aromatic carbocycles. The number of ether oxygens (including phenoxy) is 1. The zero-order chi connectivity index (χ0) is 14.8. The van der Waals surface area contributed by atoms with E-state index in [0.717, 1.165) is 12.8 Å². The molecule has 0 saturated heterocycles. The third-order valence-corrected chi connectivity index (χ3v) is 4.04. The second-order valence-electron chi connectivity index (χ2n) is 7.67. The Morgan fingerprint density at radius 3 is 1.78 bits per heavy atom. The molecule has 0 aromatic rings. The van der Waals surface area contributed by atoms with E-state index in [-0.39, 0.29) is 11.4 Å². The lowest BCUT2D eigenvalue weighted by Gasteiger charge is -2.44. The molecule has 0 aliphatic carbocycles. The maximum absolute atomic E-state index is 12.6. The average Bonchev–Trinajstić information content (AvgIpc) is 2.13. The summed E-state index contributed by atoms with van der Waals surface area (Å²) in [4.78, 5) is 12.6. The molecule has 0 aliphatic heterocycles. The zero-order valence-electron chi connectivity index (χ0n) is 13.8. The van der Waals surface area contributed by atoms with Crippen LogP contribution < -0.4 is 0 Å². The fraction of sp³-hybridized carbons (Fsp3) is 0.938. The van der Waals surface area contributed by atoms with Crippen molar-refractivity contribution in [2.24, 2.45) is 16.7 Å². The number of rotatable bonds is 5. The molecular formula is C16H32O2. The Hall–Kier alpha value is -0.530. The first-order valence-electron chi connectivity index (χ1n) is 7.09. The molecule has 1 atom stereocenters. The van der Waals surface area contributed by atoms with Crippen molar-refractivity contribution in [1.29, 1.82) is 0 Å². The molecule has 108 valence electrons. The SMILES string of the molecule is CCC(C)(C)C(C)(CC(C)C)C(=O)OC(C)(C)C. The van der Waals surface area contributed by atoms with E-state index >= 15 is 0 Å². The van der Waals surface area contributed by atoms with Crippen LogP contribution in [0.1, 0.15) is 75.2 Å². The quantitative estimate of drug-likeness (QED) is 0.659. The van der Waals surface area contributed by atoms with Gasteiger partial charge in [0.25, 0.3) is 0 Å². The summed E-state index contributed by atoms with van der Waals surface area (Å²) in [6, 6.07) is 0. The lowest BCUT2D eigenvalue weighted by atomic mass is 9.61. The van der Waals surface area contributed by atoms with Crippen LogP contribution in [-0.4, -0.2) is 11.6 Å². The molecule has 0 saturated carbocycles. The van der Waals surface area contributed by atoms with Crippen molar-refractivity contribution in [3.63, 3.8) is 0 Å². The molecule has 0 radical (unpaired) electrons. The van der Waals surface area contributed by atoms with Gasteiger partial charge in [-0.2, -0.15) is 0 Å². The minimum absolute atomic E-state index is 0.0559. The van der Waals surface area contributed by atoms with Crippen molar-refractivity contribution in [3.8, 4) is 0 Å². The lowest BCUT2D eigenvalue weighted by Crippen LogP contribution is -2.46. The van der Waals surface area contributed by atoms with Crippen LogP contribution in [0.4, 0.5) is 0 Å². The molecule has 2 heteroatoms. The Bertz CT molecular complexity index is 284. The van der Waals surface area contributed by atoms with Crippen LogP contribution in [0.2, 0.25) is 0 Å². The summed E-state index contributed by atoms with van der Waals surface area (Å²) in [5.41, 5.74) is -0.901. The van der Waals surface area contributed by atoms with Crippen LogP contribution in [0, 0.1) is 16.7 Å². The molecular weight excluding hydrogens is 224 g/mol. The van der Waals surface area contributed by atoms with Crippen LogP contribution in [0.15, 0.2) is 0 Å². The zero-order valence-corrected chi connectivity index (χ0v) is 13.8. The van der Waals surface area contributed by atoms with Gasteiger partial charge in [0.2, 0.25) is 0 Å². The van der Waals surface area contributed by atoms with Crippen molar-refractivity contribution >= 4 is 5.97 Å². The minimum Gasteiger partial charge on any atom is -0.460 e. The van der Waals surface area contributed by atoms with Gasteiger partial charge in [0.05, 0.1) is 5.41 Å². The molecule has 18 heavy (non-hydrogen) atoms. The van der Waals surface area contributed by atoms with Crippen LogP contribution in [0.25, 0.3) is 0 Å². The summed E-state index contributed by atoms with van der Waals surface area (Å²) in [5.74, 6) is 0.420. The van der Waals surface area contributed by atoms with E-state index in [1.807, 2.05) is 20.8 Å². The van der Waals surface area contributed by atoms with Crippen LogP contribution >= 0.6 is 0 Å². The van der Waals surface area contributed by atoms with Gasteiger partial charge in [-0.1, -0.05) is 34.6 Å². The molecule has 0 heterocycles. The summed E-state index contributed by atoms with van der Waals surface area (Å²) in [6.07, 6.45) is 1.83. The van der Waals surface area contributed by atoms with Gasteiger partial charge in [-0.05, 0) is 51.9 Å². The van der Waals surface area contributed by atoms with E-state index in [1.54, 1.807) is 0 Å². The molecule has 0 aliphatic rings. The largest absolute Gasteiger partial charge is 0.460 e. The highest BCUT2D eigenvalue weighted by atomic mass is 16.6. The average molecular weight is 256 g/mol. The first-order valence-corrected chi connectivity index (χ1v) is 7.09. The van der Waals surface area contributed by atoms with Crippen LogP contribution in [0.3, 0.4) is 0 Å². The topological polar surface area (TPSA) is 26.3 Å². The number of carbonyl (C=O) groups is 1. The Balaban J connectivity index is 5.29. The summed E-state index contributed by atoms with van der Waals surface area (Å²) in [5, 5.41) is 0. The normalized spacial score (nSPS) is 16.6. The third kappa shape index (κ3) is 4.29. The van der Waals surface area contributed by atoms with Gasteiger partial charge in [0, 0.05) is 0 Å². The fourth-order valence-corrected chi connectivity index (χ4v) is 2.23. The Kier molecular flexibility index (Phi) is 5.46. The van der Waals surface area contributed by atoms with Gasteiger partial charge in [-0.3, -0.25) is 4.79 Å². The molecule has 0 aromatic heterocycles. The molecule has 0 fully saturated rings. The van der Waals surface area contributed by atoms with Crippen molar-refractivity contribution < 1.29 is 9.53 Å². The molecule has 0 bridgehead atoms. The van der Waals surface area contributed by atoms with Crippen LogP contribution in [0.5, 0.6) is 0 Å². The smallest absolute Gasteiger partial charge is 0.312 e. The molecule has 2 nitrogen and oxygen atoms in total. The highest BCUT2D eigenvalue weighted by molar-refractivity contribution is 5.77. The van der Waals surface area contributed by atoms with Gasteiger partial charge >= 0.3 is 5.97 Å². The number of hydrogen-bond acceptors (Lipinski definition) is 2. The molecule has 1 unspecified atom stereocenters. The summed E-state index contributed by atoms with van der Waals surface area (Å²) in [7, 11) is 0. The molecule has 0 spiro atoms. The second-order valence-corrected chi connectivity index (χ2v) is 7.67. The van der Waals surface area contributed by atoms with Gasteiger partial charge in [0.15, 0.2) is 0 Å². The van der Waals surface area contributed by atoms with E-state index in [4.69, 9.17) is 4.74 Å². The molecule has 0 rings (SSSR count). The summed E-state index contributed by atoms with van der Waals surface area (Å²) < 4.78 is 5.65. The van der Waals surface area contributed by atoms with E-state index in [9.17, 15) is 4.79 Å². The van der Waals surface area contributed by atoms with Crippen molar-refractivity contribution in [3.05, 3.63) is 0 Å². The first-order chi connectivity index (χ1) is 7.85. The van der Waals surface area contributed by atoms with Gasteiger partial charge in [-0.15, -0.1) is 0 Å². The highest BCUT2D eigenvalue weighted by Crippen LogP contribution is 2.47. The Morgan fingerprint density at radius 2 is 1.50 bits per heavy atom. The van der Waals surface area contributed by atoms with Gasteiger partial charge < -0.3 is 4.74 Å². The van der Waals surface area contributed by atoms with Crippen molar-refractivity contribution in [1.82, 2.24) is 0 Å². The van der Waals surface area contributed by atoms with Gasteiger partial charge in [0.1, 0.15) is 5.60 Å². The van der Waals surface area contributed by atoms with Gasteiger partial charge in [-0.25, -0.2) is 0 Å². The summed E-state index contributed by atoms with van der Waals surface area (Å²) >= 11 is 0. The first kappa shape index (κ1) is 17.5. The third-order valence-electron chi connectivity index (χ3n) is 4.04. The summed E-state index contributed by atoms with van der Waals surface area (Å²) in [6.45, 7) is 18.6. The Labute approximate surface area is 113 Å². The number of carbonyl (C=O) groups excluding carboxylic acids is 1. The number of hydrogen-bond donors (Lipinski definition) is 0. The monoisotopic (exact) mass is 256 g/mol. The van der Waals surface area contributed by atoms with E-state index < -0.39 is 11.0 Å². The van der Waals surface area contributed by atoms with Crippen molar-refractivity contribution in [2.45, 2.75) is 80.8 Å².